The van der Waals surface area contributed by atoms with Crippen LogP contribution in [0.3, 0.4) is 0 Å². The first kappa shape index (κ1) is 12.5. The van der Waals surface area contributed by atoms with E-state index in [1.807, 2.05) is 30.0 Å². The number of thioether (sulfide) groups is 1. The van der Waals surface area contributed by atoms with Gasteiger partial charge in [0.25, 0.3) is 0 Å². The van der Waals surface area contributed by atoms with E-state index in [0.717, 1.165) is 47.0 Å². The van der Waals surface area contributed by atoms with Crippen LogP contribution in [-0.4, -0.2) is 18.1 Å². The van der Waals surface area contributed by atoms with Crippen molar-refractivity contribution < 1.29 is 9.53 Å². The van der Waals surface area contributed by atoms with Crippen LogP contribution in [0.4, 0.5) is 0 Å². The third kappa shape index (κ3) is 2.07. The van der Waals surface area contributed by atoms with Gasteiger partial charge in [-0.2, -0.15) is 11.8 Å². The second kappa shape index (κ2) is 4.93. The van der Waals surface area contributed by atoms with Gasteiger partial charge >= 0.3 is 0 Å². The van der Waals surface area contributed by atoms with Crippen molar-refractivity contribution in [2.45, 2.75) is 18.6 Å². The van der Waals surface area contributed by atoms with Crippen LogP contribution in [0.1, 0.15) is 31.2 Å². The van der Waals surface area contributed by atoms with Crippen LogP contribution < -0.4 is 4.74 Å². The molecule has 0 amide bonds. The summed E-state index contributed by atoms with van der Waals surface area (Å²) in [5.41, 5.74) is 3.31. The fourth-order valence-corrected chi connectivity index (χ4v) is 5.06. The summed E-state index contributed by atoms with van der Waals surface area (Å²) >= 11 is 3.63. The maximum atomic E-state index is 12.6. The number of aryl methyl sites for hydroxylation is 1. The van der Waals surface area contributed by atoms with Gasteiger partial charge in [0.05, 0.1) is 11.5 Å². The van der Waals surface area contributed by atoms with Gasteiger partial charge < -0.3 is 4.74 Å². The lowest BCUT2D eigenvalue weighted by molar-refractivity contribution is 0.104. The first-order valence-corrected chi connectivity index (χ1v) is 8.78. The molecule has 2 aromatic rings. The molecule has 1 aromatic heterocycles. The predicted molar refractivity (Wildman–Crippen MR) is 83.3 cm³/mol. The summed E-state index contributed by atoms with van der Waals surface area (Å²) in [5, 5.41) is 0. The van der Waals surface area contributed by atoms with E-state index in [-0.39, 0.29) is 5.78 Å². The topological polar surface area (TPSA) is 26.3 Å². The molecule has 0 spiro atoms. The Hall–Kier alpha value is -1.26. The van der Waals surface area contributed by atoms with E-state index >= 15 is 0 Å². The largest absolute Gasteiger partial charge is 0.493 e. The molecule has 0 radical (unpaired) electrons. The number of ketones is 1. The van der Waals surface area contributed by atoms with Crippen LogP contribution >= 0.6 is 23.1 Å². The highest BCUT2D eigenvalue weighted by atomic mass is 32.2. The van der Waals surface area contributed by atoms with Crippen LogP contribution in [0, 0.1) is 0 Å². The Labute approximate surface area is 126 Å². The summed E-state index contributed by atoms with van der Waals surface area (Å²) in [5.74, 6) is 3.32. The van der Waals surface area contributed by atoms with Gasteiger partial charge in [-0.05, 0) is 47.6 Å². The lowest BCUT2D eigenvalue weighted by Gasteiger charge is -2.08. The van der Waals surface area contributed by atoms with Crippen molar-refractivity contribution in [3.05, 3.63) is 50.7 Å². The van der Waals surface area contributed by atoms with Crippen LogP contribution in [0.15, 0.2) is 24.3 Å². The molecule has 3 heterocycles. The monoisotopic (exact) mass is 302 g/mol. The quantitative estimate of drug-likeness (QED) is 0.791. The van der Waals surface area contributed by atoms with Gasteiger partial charge in [-0.3, -0.25) is 4.79 Å². The number of thiophene rings is 1. The number of rotatable bonds is 2. The first-order valence-electron chi connectivity index (χ1n) is 6.81. The Morgan fingerprint density at radius 2 is 2.10 bits per heavy atom. The Morgan fingerprint density at radius 1 is 1.15 bits per heavy atom. The lowest BCUT2D eigenvalue weighted by Crippen LogP contribution is -1.99. The zero-order chi connectivity index (χ0) is 13.5. The summed E-state index contributed by atoms with van der Waals surface area (Å²) in [6, 6.07) is 7.91. The van der Waals surface area contributed by atoms with Crippen molar-refractivity contribution in [2.24, 2.45) is 0 Å². The zero-order valence-corrected chi connectivity index (χ0v) is 12.6. The molecule has 1 aromatic carbocycles. The number of carbonyl (C=O) groups is 1. The molecule has 0 N–H and O–H groups in total. The van der Waals surface area contributed by atoms with Crippen LogP contribution in [0.25, 0.3) is 0 Å². The number of hydrogen-bond donors (Lipinski definition) is 0. The van der Waals surface area contributed by atoms with Crippen LogP contribution in [-0.2, 0) is 18.6 Å². The second-order valence-corrected chi connectivity index (χ2v) is 7.35. The summed E-state index contributed by atoms with van der Waals surface area (Å²) < 4.78 is 5.49. The number of hydrogen-bond acceptors (Lipinski definition) is 4. The molecular formula is C16H14O2S2. The molecule has 0 saturated heterocycles. The minimum Gasteiger partial charge on any atom is -0.493 e. The van der Waals surface area contributed by atoms with Gasteiger partial charge in [0.2, 0.25) is 5.78 Å². The van der Waals surface area contributed by atoms with E-state index < -0.39 is 0 Å². The molecule has 2 nitrogen and oxygen atoms in total. The summed E-state index contributed by atoms with van der Waals surface area (Å²) in [6.07, 6.45) is 2.02. The van der Waals surface area contributed by atoms with E-state index in [0.29, 0.717) is 0 Å². The van der Waals surface area contributed by atoms with Gasteiger partial charge in [0.15, 0.2) is 0 Å². The molecule has 4 heteroatoms. The van der Waals surface area contributed by atoms with Crippen LogP contribution in [0.5, 0.6) is 5.75 Å². The number of carbonyl (C=O) groups excluding carboxylic acids is 1. The summed E-state index contributed by atoms with van der Waals surface area (Å²) in [4.78, 5) is 14.9. The maximum absolute atomic E-state index is 12.6. The smallest absolute Gasteiger partial charge is 0.202 e. The van der Waals surface area contributed by atoms with E-state index in [1.54, 1.807) is 11.3 Å². The Morgan fingerprint density at radius 3 is 3.00 bits per heavy atom. The van der Waals surface area contributed by atoms with Gasteiger partial charge in [-0.25, -0.2) is 0 Å². The average Bonchev–Trinajstić information content (AvgIpc) is 3.11. The molecule has 2 aliphatic rings. The molecule has 0 saturated carbocycles. The lowest BCUT2D eigenvalue weighted by atomic mass is 10.0. The number of fused-ring (bicyclic) bond motifs is 2. The molecule has 0 aliphatic carbocycles. The minimum atomic E-state index is 0.157. The van der Waals surface area contributed by atoms with E-state index in [2.05, 4.69) is 6.07 Å². The zero-order valence-electron chi connectivity index (χ0n) is 11.0. The molecule has 2 aliphatic heterocycles. The third-order valence-electron chi connectivity index (χ3n) is 3.80. The van der Waals surface area contributed by atoms with Gasteiger partial charge in [-0.1, -0.05) is 0 Å². The normalized spacial score (nSPS) is 16.4. The van der Waals surface area contributed by atoms with E-state index in [4.69, 9.17) is 4.74 Å². The highest BCUT2D eigenvalue weighted by Gasteiger charge is 2.20. The molecule has 20 heavy (non-hydrogen) atoms. The Bertz CT molecular complexity index is 664. The Balaban J connectivity index is 1.68. The maximum Gasteiger partial charge on any atom is 0.202 e. The average molecular weight is 302 g/mol. The molecule has 0 bridgehead atoms. The SMILES string of the molecule is O=C(c1ccc2c(c1)CCO2)c1cc2c(s1)CCSC2. The number of ether oxygens (including phenoxy) is 1. The van der Waals surface area contributed by atoms with E-state index in [9.17, 15) is 4.79 Å². The predicted octanol–water partition coefficient (Wildman–Crippen LogP) is 3.70. The van der Waals surface area contributed by atoms with Gasteiger partial charge in [-0.15, -0.1) is 11.3 Å². The Kier molecular flexibility index (Phi) is 3.08. The standard InChI is InChI=1S/C16H14O2S2/c17-16(11-1-2-13-10(7-11)3-5-18-13)15-8-12-9-19-6-4-14(12)20-15/h1-2,7-8H,3-6,9H2. The molecule has 0 fully saturated rings. The molecular weight excluding hydrogens is 288 g/mol. The molecule has 0 unspecified atom stereocenters. The second-order valence-electron chi connectivity index (χ2n) is 5.11. The van der Waals surface area contributed by atoms with Crippen molar-refractivity contribution in [1.29, 1.82) is 0 Å². The molecule has 4 rings (SSSR count). The molecule has 0 atom stereocenters. The fourth-order valence-electron chi connectivity index (χ4n) is 2.73. The molecule has 102 valence electrons. The summed E-state index contributed by atoms with van der Waals surface area (Å²) in [6.45, 7) is 0.734. The van der Waals surface area contributed by atoms with Crippen molar-refractivity contribution in [3.8, 4) is 5.75 Å². The number of benzene rings is 1. The highest BCUT2D eigenvalue weighted by Crippen LogP contribution is 2.33. The van der Waals surface area contributed by atoms with E-state index in [1.165, 1.54) is 16.2 Å². The third-order valence-corrected chi connectivity index (χ3v) is 6.05. The van der Waals surface area contributed by atoms with Crippen LogP contribution in [0.2, 0.25) is 0 Å². The summed E-state index contributed by atoms with van der Waals surface area (Å²) in [7, 11) is 0. The fraction of sp³-hybridized carbons (Fsp3) is 0.312. The van der Waals surface area contributed by atoms with Gasteiger partial charge in [0.1, 0.15) is 5.75 Å². The highest BCUT2D eigenvalue weighted by molar-refractivity contribution is 7.98. The first-order chi connectivity index (χ1) is 9.81. The minimum absolute atomic E-state index is 0.157. The van der Waals surface area contributed by atoms with Crippen molar-refractivity contribution in [1.82, 2.24) is 0 Å². The van der Waals surface area contributed by atoms with Gasteiger partial charge in [0, 0.05) is 22.6 Å². The van der Waals surface area contributed by atoms with Crippen molar-refractivity contribution in [2.75, 3.05) is 12.4 Å². The van der Waals surface area contributed by atoms with Crippen molar-refractivity contribution in [3.63, 3.8) is 0 Å². The van der Waals surface area contributed by atoms with Crippen molar-refractivity contribution >= 4 is 28.9 Å².